The Morgan fingerprint density at radius 3 is 1.69 bits per heavy atom. The number of carbonyl (C=O) groups excluding carboxylic acids is 2. The van der Waals surface area contributed by atoms with Gasteiger partial charge in [-0.3, -0.25) is 0 Å². The number of rotatable bonds is 18. The van der Waals surface area contributed by atoms with Crippen LogP contribution in [0.1, 0.15) is 98.8 Å². The van der Waals surface area contributed by atoms with Gasteiger partial charge in [-0.1, -0.05) is 92.4 Å². The summed E-state index contributed by atoms with van der Waals surface area (Å²) in [5.41, 5.74) is 0. The summed E-state index contributed by atoms with van der Waals surface area (Å²) in [7, 11) is -2.10. The molecule has 0 spiro atoms. The van der Waals surface area contributed by atoms with E-state index in [2.05, 4.69) is 34.6 Å². The maximum Gasteiger partial charge on any atom is 0.331 e. The summed E-state index contributed by atoms with van der Waals surface area (Å²) < 4.78 is 11.4. The van der Waals surface area contributed by atoms with Gasteiger partial charge in [0.05, 0.1) is 6.61 Å². The second kappa shape index (κ2) is 17.7. The summed E-state index contributed by atoms with van der Waals surface area (Å²) in [4.78, 5) is 24.5. The van der Waals surface area contributed by atoms with E-state index in [-0.39, 0.29) is 5.97 Å². The summed E-state index contributed by atoms with van der Waals surface area (Å²) in [5.74, 6) is -0.411. The van der Waals surface area contributed by atoms with Crippen molar-refractivity contribution < 1.29 is 18.8 Å². The van der Waals surface area contributed by atoms with E-state index >= 15 is 0 Å². The fourth-order valence-electron chi connectivity index (χ4n) is 3.55. The van der Waals surface area contributed by atoms with Crippen LogP contribution in [-0.4, -0.2) is 26.9 Å². The first-order chi connectivity index (χ1) is 14.0. The molecule has 0 bridgehead atoms. The lowest BCUT2D eigenvalue weighted by Crippen LogP contribution is -2.40. The molecule has 0 heterocycles. The van der Waals surface area contributed by atoms with Gasteiger partial charge in [0.2, 0.25) is 0 Å². The molecule has 0 aliphatic carbocycles. The van der Waals surface area contributed by atoms with Gasteiger partial charge in [-0.15, -0.1) is 0 Å². The van der Waals surface area contributed by atoms with Gasteiger partial charge in [-0.25, -0.2) is 9.59 Å². The van der Waals surface area contributed by atoms with Crippen molar-refractivity contribution in [3.05, 3.63) is 12.2 Å². The Balaban J connectivity index is 4.81. The lowest BCUT2D eigenvalue weighted by Gasteiger charge is -2.31. The second-order valence-corrected chi connectivity index (χ2v) is 12.4. The molecule has 0 aliphatic heterocycles. The number of hydrogen-bond donors (Lipinski definition) is 0. The molecule has 4 nitrogen and oxygen atoms in total. The van der Waals surface area contributed by atoms with Gasteiger partial charge in [-0.2, -0.15) is 0 Å². The third kappa shape index (κ3) is 13.7. The lowest BCUT2D eigenvalue weighted by atomic mass is 10.0. The van der Waals surface area contributed by atoms with Crippen molar-refractivity contribution in [2.24, 2.45) is 5.92 Å². The standard InChI is InChI=1S/C24H46O4Si/c1-6-11-15-22(10-5)21-27-23(25)16-17-24(26)28-29(18-12-7-2,19-13-8-3)20-14-9-4/h16-17,22H,6-15,18-21H2,1-5H3/b17-16-. The Kier molecular flexibility index (Phi) is 17.1. The van der Waals surface area contributed by atoms with Crippen LogP contribution in [-0.2, 0) is 18.8 Å². The van der Waals surface area contributed by atoms with Gasteiger partial charge >= 0.3 is 11.9 Å². The van der Waals surface area contributed by atoms with Crippen molar-refractivity contribution in [3.63, 3.8) is 0 Å². The molecule has 0 aromatic carbocycles. The molecular weight excluding hydrogens is 380 g/mol. The topological polar surface area (TPSA) is 52.6 Å². The molecule has 29 heavy (non-hydrogen) atoms. The summed E-state index contributed by atoms with van der Waals surface area (Å²) in [5, 5.41) is 0. The molecule has 0 rings (SSSR count). The van der Waals surface area contributed by atoms with Crippen LogP contribution in [0.4, 0.5) is 0 Å². The molecule has 0 aromatic rings. The van der Waals surface area contributed by atoms with E-state index in [0.29, 0.717) is 12.5 Å². The molecule has 0 saturated heterocycles. The number of hydrogen-bond acceptors (Lipinski definition) is 4. The summed E-state index contributed by atoms with van der Waals surface area (Å²) in [6.45, 7) is 11.3. The highest BCUT2D eigenvalue weighted by Crippen LogP contribution is 2.30. The molecule has 170 valence electrons. The van der Waals surface area contributed by atoms with E-state index in [1.165, 1.54) is 12.2 Å². The van der Waals surface area contributed by atoms with Crippen LogP contribution >= 0.6 is 0 Å². The molecule has 0 aliphatic rings. The Hall–Kier alpha value is -1.10. The predicted molar refractivity (Wildman–Crippen MR) is 124 cm³/mol. The first-order valence-electron chi connectivity index (χ1n) is 12.0. The highest BCUT2D eigenvalue weighted by atomic mass is 28.4. The van der Waals surface area contributed by atoms with Crippen LogP contribution in [0.15, 0.2) is 12.2 Å². The van der Waals surface area contributed by atoms with Crippen molar-refractivity contribution >= 4 is 20.3 Å². The minimum Gasteiger partial charge on any atom is -0.516 e. The first kappa shape index (κ1) is 27.9. The highest BCUT2D eigenvalue weighted by molar-refractivity contribution is 6.75. The van der Waals surface area contributed by atoms with Gasteiger partial charge < -0.3 is 9.16 Å². The quantitative estimate of drug-likeness (QED) is 0.132. The van der Waals surface area contributed by atoms with Gasteiger partial charge in [0.15, 0.2) is 0 Å². The van der Waals surface area contributed by atoms with Crippen molar-refractivity contribution in [3.8, 4) is 0 Å². The van der Waals surface area contributed by atoms with E-state index in [9.17, 15) is 9.59 Å². The molecule has 0 aromatic heterocycles. The monoisotopic (exact) mass is 426 g/mol. The molecule has 0 radical (unpaired) electrons. The molecule has 0 fully saturated rings. The zero-order valence-corrected chi connectivity index (χ0v) is 20.8. The normalized spacial score (nSPS) is 12.9. The average molecular weight is 427 g/mol. The molecule has 5 heteroatoms. The lowest BCUT2D eigenvalue weighted by molar-refractivity contribution is -0.139. The van der Waals surface area contributed by atoms with Crippen LogP contribution in [0.5, 0.6) is 0 Å². The third-order valence-corrected chi connectivity index (χ3v) is 10.1. The maximum atomic E-state index is 12.5. The molecule has 1 atom stereocenters. The molecule has 0 amide bonds. The Morgan fingerprint density at radius 2 is 1.24 bits per heavy atom. The Labute approximate surface area is 180 Å². The Bertz CT molecular complexity index is 440. The largest absolute Gasteiger partial charge is 0.516 e. The summed E-state index contributed by atoms with van der Waals surface area (Å²) in [6.07, 6.45) is 13.6. The third-order valence-electron chi connectivity index (χ3n) is 5.64. The molecule has 0 N–H and O–H groups in total. The zero-order chi connectivity index (χ0) is 22.0. The van der Waals surface area contributed by atoms with Gasteiger partial charge in [0.1, 0.15) is 0 Å². The van der Waals surface area contributed by atoms with Crippen molar-refractivity contribution in [2.75, 3.05) is 6.61 Å². The van der Waals surface area contributed by atoms with Crippen LogP contribution < -0.4 is 0 Å². The molecular formula is C24H46O4Si. The van der Waals surface area contributed by atoms with E-state index in [1.54, 1.807) is 0 Å². The average Bonchev–Trinajstić information content (AvgIpc) is 2.73. The fourth-order valence-corrected chi connectivity index (χ4v) is 8.10. The Morgan fingerprint density at radius 1 is 0.759 bits per heavy atom. The van der Waals surface area contributed by atoms with Crippen molar-refractivity contribution in [2.45, 2.75) is 117 Å². The van der Waals surface area contributed by atoms with Crippen molar-refractivity contribution in [1.82, 2.24) is 0 Å². The van der Waals surface area contributed by atoms with Crippen molar-refractivity contribution in [1.29, 1.82) is 0 Å². The number of unbranched alkanes of at least 4 members (excludes halogenated alkanes) is 4. The van der Waals surface area contributed by atoms with Gasteiger partial charge in [-0.05, 0) is 30.5 Å². The summed E-state index contributed by atoms with van der Waals surface area (Å²) >= 11 is 0. The smallest absolute Gasteiger partial charge is 0.331 e. The second-order valence-electron chi connectivity index (χ2n) is 8.29. The highest BCUT2D eigenvalue weighted by Gasteiger charge is 2.36. The van der Waals surface area contributed by atoms with E-state index in [0.717, 1.165) is 82.3 Å². The van der Waals surface area contributed by atoms with Gasteiger partial charge in [0.25, 0.3) is 8.32 Å². The minimum absolute atomic E-state index is 0.366. The number of esters is 1. The summed E-state index contributed by atoms with van der Waals surface area (Å²) in [6, 6.07) is 3.09. The zero-order valence-electron chi connectivity index (χ0n) is 19.8. The van der Waals surface area contributed by atoms with E-state index < -0.39 is 14.3 Å². The minimum atomic E-state index is -2.10. The molecule has 1 unspecified atom stereocenters. The fraction of sp³-hybridized carbons (Fsp3) is 0.833. The van der Waals surface area contributed by atoms with Crippen LogP contribution in [0.2, 0.25) is 18.1 Å². The van der Waals surface area contributed by atoms with Crippen LogP contribution in [0.25, 0.3) is 0 Å². The van der Waals surface area contributed by atoms with Crippen LogP contribution in [0.3, 0.4) is 0 Å². The van der Waals surface area contributed by atoms with Crippen LogP contribution in [0, 0.1) is 5.92 Å². The van der Waals surface area contributed by atoms with E-state index in [4.69, 9.17) is 9.16 Å². The number of ether oxygens (including phenoxy) is 1. The molecule has 0 saturated carbocycles. The SMILES string of the molecule is CCCCC(CC)COC(=O)/C=C\C(=O)O[Si](CCCC)(CCCC)CCCC. The van der Waals surface area contributed by atoms with Gasteiger partial charge in [0, 0.05) is 12.2 Å². The number of carbonyl (C=O) groups is 2. The first-order valence-corrected chi connectivity index (χ1v) is 14.6. The van der Waals surface area contributed by atoms with E-state index in [1.807, 2.05) is 0 Å². The predicted octanol–water partition coefficient (Wildman–Crippen LogP) is 7.19. The maximum absolute atomic E-state index is 12.5.